The molecule has 4 rings (SSSR count). The molecule has 0 heterocycles. The van der Waals surface area contributed by atoms with Gasteiger partial charge in [0, 0.05) is 11.8 Å². The summed E-state index contributed by atoms with van der Waals surface area (Å²) in [6, 6.07) is 0. The zero-order valence-electron chi connectivity index (χ0n) is 14.5. The van der Waals surface area contributed by atoms with Crippen LogP contribution in [0, 0.1) is 22.2 Å². The zero-order chi connectivity index (χ0) is 15.1. The minimum Gasteiger partial charge on any atom is -0.299 e. The molecule has 0 radical (unpaired) electrons. The molecule has 0 aromatic rings. The van der Waals surface area contributed by atoms with Gasteiger partial charge in [-0.3, -0.25) is 4.79 Å². The lowest BCUT2D eigenvalue weighted by Crippen LogP contribution is -2.57. The van der Waals surface area contributed by atoms with E-state index in [4.69, 9.17) is 0 Å². The lowest BCUT2D eigenvalue weighted by molar-refractivity contribution is -0.168. The fourth-order valence-electron chi connectivity index (χ4n) is 6.91. The molecule has 4 bridgehead atoms. The molecule has 0 N–H and O–H groups in total. The molecule has 0 aromatic carbocycles. The fourth-order valence-corrected chi connectivity index (χ4v) is 6.91. The number of hydrogen-bond donors (Lipinski definition) is 0. The van der Waals surface area contributed by atoms with Gasteiger partial charge in [-0.15, -0.1) is 0 Å². The molecule has 0 amide bonds. The van der Waals surface area contributed by atoms with Crippen molar-refractivity contribution in [2.24, 2.45) is 22.2 Å². The van der Waals surface area contributed by atoms with Crippen LogP contribution in [0.5, 0.6) is 0 Å². The number of rotatable bonds is 7. The van der Waals surface area contributed by atoms with Gasteiger partial charge in [-0.2, -0.15) is 0 Å². The maximum absolute atomic E-state index is 13.0. The summed E-state index contributed by atoms with van der Waals surface area (Å²) in [4.78, 5) is 13.0. The molecular formula is C20H34O. The fraction of sp³-hybridized carbons (Fsp3) is 0.950. The monoisotopic (exact) mass is 290 g/mol. The highest BCUT2D eigenvalue weighted by atomic mass is 16.1. The molecule has 1 heteroatoms. The van der Waals surface area contributed by atoms with Crippen LogP contribution >= 0.6 is 0 Å². The van der Waals surface area contributed by atoms with Gasteiger partial charge in [0.2, 0.25) is 0 Å². The summed E-state index contributed by atoms with van der Waals surface area (Å²) in [5.74, 6) is 1.49. The van der Waals surface area contributed by atoms with Crippen molar-refractivity contribution in [3.8, 4) is 0 Å². The van der Waals surface area contributed by atoms with E-state index in [2.05, 4.69) is 20.8 Å². The van der Waals surface area contributed by atoms with Crippen molar-refractivity contribution < 1.29 is 4.79 Å². The van der Waals surface area contributed by atoms with Crippen molar-refractivity contribution in [1.29, 1.82) is 0 Å². The highest BCUT2D eigenvalue weighted by molar-refractivity contribution is 5.85. The van der Waals surface area contributed by atoms with Crippen LogP contribution in [0.2, 0.25) is 0 Å². The first-order valence-electron chi connectivity index (χ1n) is 9.42. The number of carbonyl (C=O) groups is 1. The van der Waals surface area contributed by atoms with E-state index in [1.165, 1.54) is 64.2 Å². The number of unbranched alkanes of at least 4 members (excludes halogenated alkanes) is 4. The Kier molecular flexibility index (Phi) is 3.99. The van der Waals surface area contributed by atoms with Crippen LogP contribution in [-0.4, -0.2) is 5.78 Å². The van der Waals surface area contributed by atoms with E-state index in [9.17, 15) is 4.79 Å². The van der Waals surface area contributed by atoms with E-state index in [1.54, 1.807) is 0 Å². The highest BCUT2D eigenvalue weighted by Crippen LogP contribution is 2.69. The summed E-state index contributed by atoms with van der Waals surface area (Å²) in [5.41, 5.74) is 1.05. The van der Waals surface area contributed by atoms with Crippen molar-refractivity contribution >= 4 is 5.78 Å². The van der Waals surface area contributed by atoms with Crippen molar-refractivity contribution in [3.63, 3.8) is 0 Å². The summed E-state index contributed by atoms with van der Waals surface area (Å²) in [5, 5.41) is 0. The predicted molar refractivity (Wildman–Crippen MR) is 88.2 cm³/mol. The minimum atomic E-state index is 0.0909. The Balaban J connectivity index is 1.63. The van der Waals surface area contributed by atoms with Crippen molar-refractivity contribution in [1.82, 2.24) is 0 Å². The van der Waals surface area contributed by atoms with E-state index in [0.717, 1.165) is 18.8 Å². The molecule has 0 aliphatic heterocycles. The van der Waals surface area contributed by atoms with Gasteiger partial charge in [0.25, 0.3) is 0 Å². The van der Waals surface area contributed by atoms with Crippen LogP contribution in [0.4, 0.5) is 0 Å². The summed E-state index contributed by atoms with van der Waals surface area (Å²) < 4.78 is 0. The first-order chi connectivity index (χ1) is 9.89. The first kappa shape index (κ1) is 15.6. The van der Waals surface area contributed by atoms with Crippen molar-refractivity contribution in [2.45, 2.75) is 97.8 Å². The van der Waals surface area contributed by atoms with Gasteiger partial charge in [0.05, 0.1) is 0 Å². The number of carbonyl (C=O) groups excluding carboxylic acids is 1. The Hall–Kier alpha value is -0.330. The molecule has 4 saturated carbocycles. The summed E-state index contributed by atoms with van der Waals surface area (Å²) >= 11 is 0. The Labute approximate surface area is 131 Å². The molecule has 21 heavy (non-hydrogen) atoms. The molecule has 120 valence electrons. The molecule has 0 saturated heterocycles. The second kappa shape index (κ2) is 5.39. The van der Waals surface area contributed by atoms with Crippen LogP contribution in [0.3, 0.4) is 0 Å². The zero-order valence-corrected chi connectivity index (χ0v) is 14.5. The summed E-state index contributed by atoms with van der Waals surface area (Å²) in [6.07, 6.45) is 15.0. The van der Waals surface area contributed by atoms with Gasteiger partial charge in [0.1, 0.15) is 5.78 Å². The lowest BCUT2D eigenvalue weighted by Gasteiger charge is -2.64. The maximum Gasteiger partial charge on any atom is 0.139 e. The molecule has 4 aliphatic rings. The number of ketones is 1. The van der Waals surface area contributed by atoms with Gasteiger partial charge in [-0.1, -0.05) is 46.5 Å². The Morgan fingerprint density at radius 1 is 0.905 bits per heavy atom. The third kappa shape index (κ3) is 2.94. The van der Waals surface area contributed by atoms with Crippen LogP contribution < -0.4 is 0 Å². The average molecular weight is 290 g/mol. The summed E-state index contributed by atoms with van der Waals surface area (Å²) in [7, 11) is 0. The summed E-state index contributed by atoms with van der Waals surface area (Å²) in [6.45, 7) is 7.19. The smallest absolute Gasteiger partial charge is 0.139 e. The quantitative estimate of drug-likeness (QED) is 0.532. The molecular weight excluding hydrogens is 256 g/mol. The Morgan fingerprint density at radius 3 is 2.10 bits per heavy atom. The number of hydrogen-bond acceptors (Lipinski definition) is 1. The van der Waals surface area contributed by atoms with E-state index >= 15 is 0 Å². The normalized spacial score (nSPS) is 44.2. The third-order valence-electron chi connectivity index (χ3n) is 6.73. The van der Waals surface area contributed by atoms with Crippen LogP contribution in [0.1, 0.15) is 97.8 Å². The van der Waals surface area contributed by atoms with Gasteiger partial charge in [-0.05, 0) is 61.7 Å². The van der Waals surface area contributed by atoms with Gasteiger partial charge in [-0.25, -0.2) is 0 Å². The highest BCUT2D eigenvalue weighted by Gasteiger charge is 2.62. The molecule has 2 atom stereocenters. The second-order valence-electron chi connectivity index (χ2n) is 9.50. The molecule has 2 unspecified atom stereocenters. The predicted octanol–water partition coefficient (Wildman–Crippen LogP) is 5.91. The van der Waals surface area contributed by atoms with E-state index in [1.807, 2.05) is 0 Å². The second-order valence-corrected chi connectivity index (χ2v) is 9.50. The topological polar surface area (TPSA) is 17.1 Å². The van der Waals surface area contributed by atoms with Gasteiger partial charge >= 0.3 is 0 Å². The minimum absolute atomic E-state index is 0.0909. The lowest BCUT2D eigenvalue weighted by atomic mass is 9.39. The molecule has 0 spiro atoms. The van der Waals surface area contributed by atoms with E-state index < -0.39 is 0 Å². The Bertz CT molecular complexity index is 392. The van der Waals surface area contributed by atoms with Crippen LogP contribution in [0.25, 0.3) is 0 Å². The maximum atomic E-state index is 13.0. The molecule has 1 nitrogen and oxygen atoms in total. The van der Waals surface area contributed by atoms with Crippen LogP contribution in [0.15, 0.2) is 0 Å². The molecule has 4 fully saturated rings. The van der Waals surface area contributed by atoms with Crippen molar-refractivity contribution in [2.75, 3.05) is 0 Å². The van der Waals surface area contributed by atoms with Crippen molar-refractivity contribution in [3.05, 3.63) is 0 Å². The van der Waals surface area contributed by atoms with Gasteiger partial charge < -0.3 is 0 Å². The molecule has 4 aliphatic carbocycles. The SMILES string of the molecule is CCCCCCCC(=O)C12CC3CC(C)(CC(C)(C3)C1)C2. The number of Topliss-reactive ketones (excluding diaryl/α,β-unsaturated/α-hetero) is 1. The van der Waals surface area contributed by atoms with Crippen LogP contribution in [-0.2, 0) is 4.79 Å². The molecule has 0 aromatic heterocycles. The largest absolute Gasteiger partial charge is 0.299 e. The van der Waals surface area contributed by atoms with E-state index in [-0.39, 0.29) is 5.41 Å². The first-order valence-corrected chi connectivity index (χ1v) is 9.42. The van der Waals surface area contributed by atoms with E-state index in [0.29, 0.717) is 16.6 Å². The Morgan fingerprint density at radius 2 is 1.52 bits per heavy atom. The standard InChI is InChI=1S/C20H34O/c1-4-5-6-7-8-9-17(21)20-12-16-10-18(2,14-20)13-19(3,11-16)15-20/h16H,4-15H2,1-3H3. The average Bonchev–Trinajstić information content (AvgIpc) is 2.33. The van der Waals surface area contributed by atoms with Gasteiger partial charge in [0.15, 0.2) is 0 Å². The third-order valence-corrected chi connectivity index (χ3v) is 6.73.